The van der Waals surface area contributed by atoms with Crippen molar-refractivity contribution in [2.45, 2.75) is 6.92 Å². The van der Waals surface area contributed by atoms with Crippen molar-refractivity contribution in [1.29, 1.82) is 0 Å². The Labute approximate surface area is 61.1 Å². The molecule has 0 unspecified atom stereocenters. The molecule has 0 saturated carbocycles. The van der Waals surface area contributed by atoms with Crippen molar-refractivity contribution in [2.75, 3.05) is 0 Å². The Morgan fingerprint density at radius 3 is 2.82 bits per heavy atom. The minimum Gasteiger partial charge on any atom is -0.323 e. The van der Waals surface area contributed by atoms with E-state index < -0.39 is 23.0 Å². The maximum atomic E-state index is 12.3. The zero-order valence-corrected chi connectivity index (χ0v) is 5.72. The number of nitrogens with one attached hydrogen (secondary N) is 1. The number of hydrogen-bond acceptors (Lipinski definition) is 3. The monoisotopic (exact) mass is 156 g/mol. The largest absolute Gasteiger partial charge is 0.323 e. The number of aromatic amines is 1. The molecule has 58 valence electrons. The molecule has 0 aliphatic carbocycles. The molecule has 0 aliphatic heterocycles. The van der Waals surface area contributed by atoms with Gasteiger partial charge in [0.2, 0.25) is 5.95 Å². The van der Waals surface area contributed by atoms with Crippen LogP contribution in [0.25, 0.3) is 0 Å². The molecule has 0 spiro atoms. The van der Waals surface area contributed by atoms with Crippen molar-refractivity contribution in [1.82, 2.24) is 9.97 Å². The van der Waals surface area contributed by atoms with Gasteiger partial charge in [-0.3, -0.25) is 9.59 Å². The number of Topliss-reactive ketones (excluding diaryl/α,β-unsaturated/α-hetero) is 1. The zero-order chi connectivity index (χ0) is 8.43. The third kappa shape index (κ3) is 1.49. The number of H-pyrrole nitrogens is 1. The van der Waals surface area contributed by atoms with Crippen LogP contribution in [0.1, 0.15) is 17.4 Å². The maximum absolute atomic E-state index is 12.3. The Morgan fingerprint density at radius 1 is 1.73 bits per heavy atom. The predicted octanol–water partition coefficient (Wildman–Crippen LogP) is 0.112. The summed E-state index contributed by atoms with van der Waals surface area (Å²) >= 11 is 0. The van der Waals surface area contributed by atoms with E-state index in [0.29, 0.717) is 0 Å². The highest BCUT2D eigenvalue weighted by atomic mass is 19.1. The topological polar surface area (TPSA) is 62.8 Å². The second-order valence-electron chi connectivity index (χ2n) is 1.96. The molecule has 0 aromatic carbocycles. The van der Waals surface area contributed by atoms with Gasteiger partial charge in [0.1, 0.15) is 0 Å². The van der Waals surface area contributed by atoms with E-state index in [0.717, 1.165) is 13.1 Å². The van der Waals surface area contributed by atoms with Crippen LogP contribution < -0.4 is 5.56 Å². The summed E-state index contributed by atoms with van der Waals surface area (Å²) in [7, 11) is 0. The van der Waals surface area contributed by atoms with Crippen LogP contribution in [0.2, 0.25) is 0 Å². The predicted molar refractivity (Wildman–Crippen MR) is 34.8 cm³/mol. The molecular formula is C6H5FN2O2. The molecule has 0 bridgehead atoms. The molecule has 0 aliphatic rings. The van der Waals surface area contributed by atoms with E-state index in [4.69, 9.17) is 0 Å². The molecular weight excluding hydrogens is 151 g/mol. The highest BCUT2D eigenvalue weighted by Gasteiger charge is 2.07. The van der Waals surface area contributed by atoms with Crippen LogP contribution in [0.3, 0.4) is 0 Å². The van der Waals surface area contributed by atoms with Crippen molar-refractivity contribution in [2.24, 2.45) is 0 Å². The van der Waals surface area contributed by atoms with Gasteiger partial charge in [0.25, 0.3) is 5.56 Å². The first-order chi connectivity index (χ1) is 5.11. The van der Waals surface area contributed by atoms with E-state index in [2.05, 4.69) is 4.98 Å². The number of carbonyl (C=O) groups is 1. The lowest BCUT2D eigenvalue weighted by Crippen LogP contribution is -2.18. The summed E-state index contributed by atoms with van der Waals surface area (Å²) in [6.07, 6.45) is 0.800. The summed E-state index contributed by atoms with van der Waals surface area (Å²) in [6.45, 7) is 1.15. The van der Waals surface area contributed by atoms with E-state index in [1.54, 1.807) is 0 Å². The Balaban J connectivity index is 3.35. The van der Waals surface area contributed by atoms with Gasteiger partial charge in [0.05, 0.1) is 6.20 Å². The minimum absolute atomic E-state index is 0.398. The van der Waals surface area contributed by atoms with Crippen LogP contribution in [0.4, 0.5) is 4.39 Å². The SMILES string of the molecule is CC(=O)c1nc(F)c[nH]c1=O. The van der Waals surface area contributed by atoms with Gasteiger partial charge in [0.15, 0.2) is 11.5 Å². The fraction of sp³-hybridized carbons (Fsp3) is 0.167. The highest BCUT2D eigenvalue weighted by Crippen LogP contribution is 1.89. The lowest BCUT2D eigenvalue weighted by molar-refractivity contribution is 0.101. The molecule has 1 aromatic heterocycles. The minimum atomic E-state index is -0.866. The van der Waals surface area contributed by atoms with Crippen molar-refractivity contribution >= 4 is 5.78 Å². The van der Waals surface area contributed by atoms with Crippen LogP contribution in [0.15, 0.2) is 11.0 Å². The second kappa shape index (κ2) is 2.61. The zero-order valence-electron chi connectivity index (χ0n) is 5.72. The smallest absolute Gasteiger partial charge is 0.277 e. The highest BCUT2D eigenvalue weighted by molar-refractivity contribution is 5.91. The summed E-state index contributed by atoms with van der Waals surface area (Å²) in [6, 6.07) is 0. The number of ketones is 1. The van der Waals surface area contributed by atoms with Gasteiger partial charge in [-0.1, -0.05) is 0 Å². The van der Waals surface area contributed by atoms with Gasteiger partial charge in [-0.2, -0.15) is 4.39 Å². The van der Waals surface area contributed by atoms with Gasteiger partial charge < -0.3 is 4.98 Å². The van der Waals surface area contributed by atoms with Gasteiger partial charge in [0, 0.05) is 6.92 Å². The fourth-order valence-electron chi connectivity index (χ4n) is 0.622. The molecule has 1 heterocycles. The normalized spacial score (nSPS) is 9.64. The van der Waals surface area contributed by atoms with E-state index in [1.165, 1.54) is 0 Å². The number of aromatic nitrogens is 2. The average molecular weight is 156 g/mol. The number of carbonyl (C=O) groups excluding carboxylic acids is 1. The van der Waals surface area contributed by atoms with Crippen molar-refractivity contribution in [3.63, 3.8) is 0 Å². The first-order valence-corrected chi connectivity index (χ1v) is 2.87. The summed E-state index contributed by atoms with van der Waals surface area (Å²) in [4.78, 5) is 26.4. The number of halogens is 1. The summed E-state index contributed by atoms with van der Waals surface area (Å²) in [5.41, 5.74) is -1.07. The third-order valence-electron chi connectivity index (χ3n) is 1.09. The van der Waals surface area contributed by atoms with Crippen LogP contribution in [0, 0.1) is 5.95 Å². The first kappa shape index (κ1) is 7.59. The molecule has 1 rings (SSSR count). The van der Waals surface area contributed by atoms with Crippen LogP contribution in [0.5, 0.6) is 0 Å². The molecule has 0 fully saturated rings. The Kier molecular flexibility index (Phi) is 1.80. The third-order valence-corrected chi connectivity index (χ3v) is 1.09. The fourth-order valence-corrected chi connectivity index (χ4v) is 0.622. The lowest BCUT2D eigenvalue weighted by atomic mass is 10.3. The average Bonchev–Trinajstić information content (AvgIpc) is 1.94. The Hall–Kier alpha value is -1.52. The summed E-state index contributed by atoms with van der Waals surface area (Å²) < 4.78 is 12.3. The van der Waals surface area contributed by atoms with Crippen molar-refractivity contribution in [3.05, 3.63) is 28.2 Å². The maximum Gasteiger partial charge on any atom is 0.277 e. The first-order valence-electron chi connectivity index (χ1n) is 2.87. The van der Waals surface area contributed by atoms with Gasteiger partial charge >= 0.3 is 0 Å². The molecule has 0 radical (unpaired) electrons. The lowest BCUT2D eigenvalue weighted by Gasteiger charge is -1.91. The van der Waals surface area contributed by atoms with Crippen LogP contribution >= 0.6 is 0 Å². The quantitative estimate of drug-likeness (QED) is 0.587. The molecule has 1 aromatic rings. The van der Waals surface area contributed by atoms with Gasteiger partial charge in [-0.15, -0.1) is 0 Å². The standard InChI is InChI=1S/C6H5FN2O2/c1-3(10)5-6(11)8-2-4(7)9-5/h2H,1H3,(H,8,11). The molecule has 5 heteroatoms. The molecule has 0 amide bonds. The molecule has 0 saturated heterocycles. The summed E-state index contributed by atoms with van der Waals surface area (Å²) in [5, 5.41) is 0. The number of nitrogens with zero attached hydrogens (tertiary/aromatic N) is 1. The van der Waals surface area contributed by atoms with E-state index >= 15 is 0 Å². The molecule has 1 N–H and O–H groups in total. The van der Waals surface area contributed by atoms with E-state index in [1.807, 2.05) is 4.98 Å². The van der Waals surface area contributed by atoms with E-state index in [9.17, 15) is 14.0 Å². The number of rotatable bonds is 1. The summed E-state index contributed by atoms with van der Waals surface area (Å²) in [5.74, 6) is -1.42. The van der Waals surface area contributed by atoms with Crippen LogP contribution in [-0.4, -0.2) is 15.8 Å². The molecule has 4 nitrogen and oxygen atoms in total. The van der Waals surface area contributed by atoms with Gasteiger partial charge in [-0.25, -0.2) is 4.98 Å². The Bertz CT molecular complexity index is 345. The van der Waals surface area contributed by atoms with E-state index in [-0.39, 0.29) is 0 Å². The molecule has 11 heavy (non-hydrogen) atoms. The van der Waals surface area contributed by atoms with Crippen molar-refractivity contribution < 1.29 is 9.18 Å². The Morgan fingerprint density at radius 2 is 2.36 bits per heavy atom. The molecule has 0 atom stereocenters. The van der Waals surface area contributed by atoms with Gasteiger partial charge in [-0.05, 0) is 0 Å². The number of hydrogen-bond donors (Lipinski definition) is 1. The van der Waals surface area contributed by atoms with Crippen molar-refractivity contribution in [3.8, 4) is 0 Å². The second-order valence-corrected chi connectivity index (χ2v) is 1.96. The van der Waals surface area contributed by atoms with Crippen LogP contribution in [-0.2, 0) is 0 Å².